The predicted octanol–water partition coefficient (Wildman–Crippen LogP) is 1.96. The number of fused-ring (bicyclic) bond motifs is 1. The van der Waals surface area contributed by atoms with Gasteiger partial charge < -0.3 is 10.2 Å². The highest BCUT2D eigenvalue weighted by atomic mass is 16.2. The lowest BCUT2D eigenvalue weighted by Gasteiger charge is -2.56. The third kappa shape index (κ3) is 3.12. The molecule has 0 aromatic heterocycles. The molecule has 0 radical (unpaired) electrons. The Morgan fingerprint density at radius 3 is 2.36 bits per heavy atom. The van der Waals surface area contributed by atoms with E-state index in [1.807, 2.05) is 0 Å². The van der Waals surface area contributed by atoms with Crippen molar-refractivity contribution in [3.05, 3.63) is 35.4 Å². The first kappa shape index (κ1) is 15.9. The second-order valence-corrected chi connectivity index (χ2v) is 9.57. The highest BCUT2D eigenvalue weighted by molar-refractivity contribution is 5.76. The molecule has 1 unspecified atom stereocenters. The summed E-state index contributed by atoms with van der Waals surface area (Å²) in [6.45, 7) is 3.67. The summed E-state index contributed by atoms with van der Waals surface area (Å²) in [6, 6.07) is 8.71. The third-order valence-electron chi connectivity index (χ3n) is 7.54. The van der Waals surface area contributed by atoms with Crippen LogP contribution < -0.4 is 10.2 Å². The highest BCUT2D eigenvalue weighted by Gasteiger charge is 2.50. The van der Waals surface area contributed by atoms with Crippen LogP contribution in [0.25, 0.3) is 0 Å². The predicted molar refractivity (Wildman–Crippen MR) is 98.2 cm³/mol. The van der Waals surface area contributed by atoms with Gasteiger partial charge in [-0.05, 0) is 67.3 Å². The standard InChI is InChI=1S/C22H30N2O/c25-21(14-24-6-5-19-3-1-2-4-20(19)13-24)23-15-22-10-16-7-17(11-22)9-18(8-16)12-22/h1-4,16-18H,5-15H2,(H,23,25)/p+1. The van der Waals surface area contributed by atoms with Crippen molar-refractivity contribution in [3.8, 4) is 0 Å². The summed E-state index contributed by atoms with van der Waals surface area (Å²) in [7, 11) is 0. The molecule has 1 aromatic carbocycles. The minimum atomic E-state index is 0.269. The summed E-state index contributed by atoms with van der Waals surface area (Å²) < 4.78 is 0. The van der Waals surface area contributed by atoms with E-state index in [9.17, 15) is 4.79 Å². The molecule has 4 saturated carbocycles. The second kappa shape index (κ2) is 6.12. The maximum absolute atomic E-state index is 12.6. The number of hydrogen-bond donors (Lipinski definition) is 2. The van der Waals surface area contributed by atoms with Crippen LogP contribution >= 0.6 is 0 Å². The van der Waals surface area contributed by atoms with Gasteiger partial charge >= 0.3 is 0 Å². The highest BCUT2D eigenvalue weighted by Crippen LogP contribution is 2.59. The molecule has 1 amide bonds. The first-order valence-electron chi connectivity index (χ1n) is 10.3. The molecule has 3 nitrogen and oxygen atoms in total. The van der Waals surface area contributed by atoms with Crippen LogP contribution in [0.1, 0.15) is 49.7 Å². The fourth-order valence-corrected chi connectivity index (χ4v) is 6.88. The van der Waals surface area contributed by atoms with E-state index in [1.54, 1.807) is 0 Å². The average Bonchev–Trinajstić information content (AvgIpc) is 2.59. The topological polar surface area (TPSA) is 33.5 Å². The lowest BCUT2D eigenvalue weighted by molar-refractivity contribution is -0.908. The van der Waals surface area contributed by atoms with Crippen LogP contribution in [0.15, 0.2) is 24.3 Å². The Morgan fingerprint density at radius 1 is 1.04 bits per heavy atom. The van der Waals surface area contributed by atoms with Crippen molar-refractivity contribution in [2.75, 3.05) is 19.6 Å². The number of carbonyl (C=O) groups is 1. The average molecular weight is 340 g/mol. The fourth-order valence-electron chi connectivity index (χ4n) is 6.88. The maximum atomic E-state index is 12.6. The quantitative estimate of drug-likeness (QED) is 0.864. The molecule has 0 saturated heterocycles. The minimum Gasteiger partial charge on any atom is -0.351 e. The zero-order valence-corrected chi connectivity index (χ0v) is 15.2. The molecule has 1 heterocycles. The van der Waals surface area contributed by atoms with Gasteiger partial charge in [0.05, 0.1) is 6.54 Å². The Balaban J connectivity index is 1.16. The second-order valence-electron chi connectivity index (χ2n) is 9.57. The van der Waals surface area contributed by atoms with Crippen molar-refractivity contribution in [1.82, 2.24) is 5.32 Å². The summed E-state index contributed by atoms with van der Waals surface area (Å²) in [5, 5.41) is 3.35. The number of amides is 1. The molecule has 4 aliphatic carbocycles. The summed E-state index contributed by atoms with van der Waals surface area (Å²) in [5.74, 6) is 3.16. The first-order valence-corrected chi connectivity index (χ1v) is 10.3. The van der Waals surface area contributed by atoms with Gasteiger partial charge in [-0.3, -0.25) is 4.79 Å². The SMILES string of the molecule is O=C(C[NH+]1CCc2ccccc2C1)NCC12CC3CC(CC(C3)C1)C2. The van der Waals surface area contributed by atoms with Crippen molar-refractivity contribution in [1.29, 1.82) is 0 Å². The zero-order valence-electron chi connectivity index (χ0n) is 15.2. The van der Waals surface area contributed by atoms with E-state index in [1.165, 1.54) is 54.6 Å². The van der Waals surface area contributed by atoms with E-state index >= 15 is 0 Å². The van der Waals surface area contributed by atoms with Gasteiger partial charge in [0.25, 0.3) is 5.91 Å². The number of quaternary nitrogens is 1. The van der Waals surface area contributed by atoms with Crippen molar-refractivity contribution in [2.24, 2.45) is 23.2 Å². The molecule has 0 spiro atoms. The van der Waals surface area contributed by atoms with E-state index in [0.717, 1.165) is 43.8 Å². The number of rotatable bonds is 4. The molecule has 1 aromatic rings. The van der Waals surface area contributed by atoms with E-state index in [-0.39, 0.29) is 5.91 Å². The van der Waals surface area contributed by atoms with E-state index in [4.69, 9.17) is 0 Å². The zero-order chi connectivity index (χ0) is 16.9. The molecule has 25 heavy (non-hydrogen) atoms. The molecular formula is C22H31N2O+. The number of nitrogens with one attached hydrogen (secondary N) is 2. The minimum absolute atomic E-state index is 0.269. The lowest BCUT2D eigenvalue weighted by atomic mass is 9.49. The molecule has 4 bridgehead atoms. The van der Waals surface area contributed by atoms with Crippen molar-refractivity contribution >= 4 is 5.91 Å². The van der Waals surface area contributed by atoms with Gasteiger partial charge in [-0.25, -0.2) is 0 Å². The first-order chi connectivity index (χ1) is 12.2. The monoisotopic (exact) mass is 339 g/mol. The van der Waals surface area contributed by atoms with Gasteiger partial charge in [0.15, 0.2) is 6.54 Å². The smallest absolute Gasteiger partial charge is 0.275 e. The lowest BCUT2D eigenvalue weighted by Crippen LogP contribution is -3.12. The van der Waals surface area contributed by atoms with Crippen LogP contribution in [0.5, 0.6) is 0 Å². The summed E-state index contributed by atoms with van der Waals surface area (Å²) in [5.41, 5.74) is 3.35. The van der Waals surface area contributed by atoms with Gasteiger partial charge in [0, 0.05) is 18.5 Å². The number of benzene rings is 1. The summed E-state index contributed by atoms with van der Waals surface area (Å²) in [6.07, 6.45) is 9.67. The molecule has 3 heteroatoms. The molecule has 1 aliphatic heterocycles. The number of carbonyl (C=O) groups excluding carboxylic acids is 1. The summed E-state index contributed by atoms with van der Waals surface area (Å²) in [4.78, 5) is 14.0. The van der Waals surface area contributed by atoms with Gasteiger partial charge in [-0.2, -0.15) is 0 Å². The largest absolute Gasteiger partial charge is 0.351 e. The molecule has 1 atom stereocenters. The van der Waals surface area contributed by atoms with Gasteiger partial charge in [-0.1, -0.05) is 24.3 Å². The van der Waals surface area contributed by atoms with Crippen LogP contribution in [0.2, 0.25) is 0 Å². The van der Waals surface area contributed by atoms with Crippen LogP contribution in [0.4, 0.5) is 0 Å². The molecule has 134 valence electrons. The normalized spacial score (nSPS) is 38.4. The van der Waals surface area contributed by atoms with Crippen molar-refractivity contribution < 1.29 is 9.69 Å². The van der Waals surface area contributed by atoms with Gasteiger partial charge in [0.2, 0.25) is 0 Å². The summed E-state index contributed by atoms with van der Waals surface area (Å²) >= 11 is 0. The van der Waals surface area contributed by atoms with E-state index in [2.05, 4.69) is 29.6 Å². The van der Waals surface area contributed by atoms with Crippen molar-refractivity contribution in [2.45, 2.75) is 51.5 Å². The van der Waals surface area contributed by atoms with Crippen LogP contribution in [0.3, 0.4) is 0 Å². The maximum Gasteiger partial charge on any atom is 0.275 e. The Hall–Kier alpha value is -1.35. The van der Waals surface area contributed by atoms with Gasteiger partial charge in [0.1, 0.15) is 6.54 Å². The third-order valence-corrected chi connectivity index (χ3v) is 7.54. The Labute approximate surface area is 151 Å². The number of hydrogen-bond acceptors (Lipinski definition) is 1. The molecule has 5 aliphatic rings. The molecule has 2 N–H and O–H groups in total. The van der Waals surface area contributed by atoms with Crippen LogP contribution in [-0.2, 0) is 17.8 Å². The molecular weight excluding hydrogens is 308 g/mol. The fraction of sp³-hybridized carbons (Fsp3) is 0.682. The van der Waals surface area contributed by atoms with Crippen LogP contribution in [0, 0.1) is 23.2 Å². The van der Waals surface area contributed by atoms with E-state index < -0.39 is 0 Å². The van der Waals surface area contributed by atoms with Gasteiger partial charge in [-0.15, -0.1) is 0 Å². The molecule has 4 fully saturated rings. The Kier molecular flexibility index (Phi) is 3.89. The molecule has 6 rings (SSSR count). The Morgan fingerprint density at radius 2 is 1.68 bits per heavy atom. The van der Waals surface area contributed by atoms with Crippen molar-refractivity contribution in [3.63, 3.8) is 0 Å². The van der Waals surface area contributed by atoms with E-state index in [0.29, 0.717) is 12.0 Å². The Bertz CT molecular complexity index is 632. The van der Waals surface area contributed by atoms with Crippen LogP contribution in [-0.4, -0.2) is 25.5 Å².